The maximum absolute atomic E-state index is 12.5. The van der Waals surface area contributed by atoms with Crippen LogP contribution in [0.15, 0.2) is 17.7 Å². The van der Waals surface area contributed by atoms with Crippen LogP contribution in [-0.2, 0) is 4.79 Å². The van der Waals surface area contributed by atoms with Crippen LogP contribution in [0.4, 0.5) is 5.69 Å². The lowest BCUT2D eigenvalue weighted by Gasteiger charge is -2.30. The van der Waals surface area contributed by atoms with Crippen molar-refractivity contribution >= 4 is 29.3 Å². The van der Waals surface area contributed by atoms with Crippen molar-refractivity contribution in [3.63, 3.8) is 0 Å². The third-order valence-electron chi connectivity index (χ3n) is 5.23. The van der Waals surface area contributed by atoms with Crippen molar-refractivity contribution in [3.05, 3.63) is 33.9 Å². The third kappa shape index (κ3) is 3.72. The summed E-state index contributed by atoms with van der Waals surface area (Å²) in [6, 6.07) is 3.76. The molecule has 1 aromatic rings. The highest BCUT2D eigenvalue weighted by atomic mass is 35.5. The van der Waals surface area contributed by atoms with E-state index in [1.54, 1.807) is 6.07 Å². The first-order valence-electron chi connectivity index (χ1n) is 8.58. The van der Waals surface area contributed by atoms with Gasteiger partial charge in [-0.2, -0.15) is 0 Å². The van der Waals surface area contributed by atoms with Gasteiger partial charge in [-0.05, 0) is 55.9 Å². The van der Waals surface area contributed by atoms with Crippen LogP contribution in [0.5, 0.6) is 0 Å². The van der Waals surface area contributed by atoms with E-state index in [-0.39, 0.29) is 5.92 Å². The Morgan fingerprint density at radius 1 is 1.26 bits per heavy atom. The molecule has 0 radical (unpaired) electrons. The summed E-state index contributed by atoms with van der Waals surface area (Å²) in [6.07, 6.45) is 8.69. The van der Waals surface area contributed by atoms with Gasteiger partial charge in [0.2, 0.25) is 5.91 Å². The summed E-state index contributed by atoms with van der Waals surface area (Å²) in [5, 5.41) is 0.675. The summed E-state index contributed by atoms with van der Waals surface area (Å²) in [7, 11) is 0. The van der Waals surface area contributed by atoms with E-state index in [2.05, 4.69) is 11.0 Å². The van der Waals surface area contributed by atoms with Gasteiger partial charge in [-0.3, -0.25) is 4.79 Å². The number of piperidine rings is 1. The van der Waals surface area contributed by atoms with E-state index >= 15 is 0 Å². The average molecular weight is 333 g/mol. The van der Waals surface area contributed by atoms with Gasteiger partial charge in [0, 0.05) is 29.7 Å². The second-order valence-corrected chi connectivity index (χ2v) is 7.25. The molecule has 0 unspecified atom stereocenters. The van der Waals surface area contributed by atoms with Gasteiger partial charge in [-0.25, -0.2) is 0 Å². The topological polar surface area (TPSA) is 46.3 Å². The Labute approximate surface area is 143 Å². The molecule has 0 aromatic heterocycles. The molecule has 1 aliphatic heterocycles. The van der Waals surface area contributed by atoms with Crippen molar-refractivity contribution in [1.82, 2.24) is 4.90 Å². The molecule has 1 saturated carbocycles. The zero-order chi connectivity index (χ0) is 16.4. The molecule has 1 aliphatic carbocycles. The number of rotatable bonds is 2. The molecular formula is C19H25ClN2O. The van der Waals surface area contributed by atoms with Crippen molar-refractivity contribution in [2.75, 3.05) is 18.8 Å². The van der Waals surface area contributed by atoms with Crippen LogP contribution < -0.4 is 5.73 Å². The minimum atomic E-state index is 0.288. The number of halogens is 1. The fourth-order valence-corrected chi connectivity index (χ4v) is 3.92. The van der Waals surface area contributed by atoms with E-state index in [0.717, 1.165) is 55.6 Å². The Bertz CT molecular complexity index is 623. The molecule has 3 rings (SSSR count). The summed E-state index contributed by atoms with van der Waals surface area (Å²) in [4.78, 5) is 14.5. The number of likely N-dealkylation sites (tertiary alicyclic amines) is 1. The van der Waals surface area contributed by atoms with Gasteiger partial charge in [0.05, 0.1) is 0 Å². The van der Waals surface area contributed by atoms with Gasteiger partial charge in [0.25, 0.3) is 0 Å². The minimum Gasteiger partial charge on any atom is -0.398 e. The first-order valence-corrected chi connectivity index (χ1v) is 8.96. The van der Waals surface area contributed by atoms with Crippen LogP contribution in [0.2, 0.25) is 5.02 Å². The molecule has 1 saturated heterocycles. The fraction of sp³-hybridized carbons (Fsp3) is 0.526. The highest BCUT2D eigenvalue weighted by molar-refractivity contribution is 6.31. The van der Waals surface area contributed by atoms with Gasteiger partial charge >= 0.3 is 0 Å². The summed E-state index contributed by atoms with van der Waals surface area (Å²) < 4.78 is 0. The summed E-state index contributed by atoms with van der Waals surface area (Å²) >= 11 is 6.12. The van der Waals surface area contributed by atoms with Gasteiger partial charge in [0.15, 0.2) is 0 Å². The number of nitrogen functional groups attached to an aromatic ring is 1. The maximum Gasteiger partial charge on any atom is 0.225 e. The second kappa shape index (κ2) is 6.96. The first kappa shape index (κ1) is 16.4. The summed E-state index contributed by atoms with van der Waals surface area (Å²) in [5.74, 6) is 0.667. The quantitative estimate of drug-likeness (QED) is 0.814. The predicted molar refractivity (Wildman–Crippen MR) is 96.4 cm³/mol. The molecule has 0 bridgehead atoms. The standard InChI is InChI=1S/C19H25ClN2O/c1-13-16(11-17(20)12-18(13)21)10-14-6-8-22(9-7-14)19(23)15-4-2-3-5-15/h10-12,15H,2-9,21H2,1H3. The maximum atomic E-state index is 12.5. The Kier molecular flexibility index (Phi) is 4.96. The van der Waals surface area contributed by atoms with E-state index in [1.807, 2.05) is 13.0 Å². The molecule has 0 atom stereocenters. The first-order chi connectivity index (χ1) is 11.0. The monoisotopic (exact) mass is 332 g/mol. The molecule has 2 aliphatic rings. The Morgan fingerprint density at radius 2 is 1.91 bits per heavy atom. The second-order valence-electron chi connectivity index (χ2n) is 6.82. The largest absolute Gasteiger partial charge is 0.398 e. The summed E-state index contributed by atoms with van der Waals surface area (Å²) in [5.41, 5.74) is 10.3. The number of nitrogens with two attached hydrogens (primary N) is 1. The van der Waals surface area contributed by atoms with Crippen LogP contribution in [0.3, 0.4) is 0 Å². The summed E-state index contributed by atoms with van der Waals surface area (Å²) in [6.45, 7) is 3.71. The van der Waals surface area contributed by atoms with Crippen molar-refractivity contribution in [2.45, 2.75) is 45.4 Å². The van der Waals surface area contributed by atoms with Crippen LogP contribution in [0.1, 0.15) is 49.7 Å². The van der Waals surface area contributed by atoms with E-state index in [4.69, 9.17) is 17.3 Å². The molecule has 1 amide bonds. The average Bonchev–Trinajstić information content (AvgIpc) is 3.06. The normalized spacial score (nSPS) is 19.2. The number of carbonyl (C=O) groups excluding carboxylic acids is 1. The Hall–Kier alpha value is -1.48. The molecule has 124 valence electrons. The highest BCUT2D eigenvalue weighted by Gasteiger charge is 2.28. The molecule has 3 nitrogen and oxygen atoms in total. The lowest BCUT2D eigenvalue weighted by atomic mass is 9.97. The minimum absolute atomic E-state index is 0.288. The third-order valence-corrected chi connectivity index (χ3v) is 5.45. The molecular weight excluding hydrogens is 308 g/mol. The van der Waals surface area contributed by atoms with Gasteiger partial charge < -0.3 is 10.6 Å². The molecule has 1 aromatic carbocycles. The number of hydrogen-bond acceptors (Lipinski definition) is 2. The van der Waals surface area contributed by atoms with Crippen molar-refractivity contribution in [1.29, 1.82) is 0 Å². The smallest absolute Gasteiger partial charge is 0.225 e. The molecule has 4 heteroatoms. The number of hydrogen-bond donors (Lipinski definition) is 1. The number of anilines is 1. The van der Waals surface area contributed by atoms with Crippen LogP contribution in [0.25, 0.3) is 6.08 Å². The van der Waals surface area contributed by atoms with Crippen molar-refractivity contribution in [2.24, 2.45) is 5.92 Å². The number of nitrogens with zero attached hydrogens (tertiary/aromatic N) is 1. The lowest BCUT2D eigenvalue weighted by molar-refractivity contribution is -0.135. The predicted octanol–water partition coefficient (Wildman–Crippen LogP) is 4.43. The lowest BCUT2D eigenvalue weighted by Crippen LogP contribution is -2.39. The number of benzene rings is 1. The Balaban J connectivity index is 1.66. The molecule has 0 spiro atoms. The zero-order valence-corrected chi connectivity index (χ0v) is 14.5. The Morgan fingerprint density at radius 3 is 2.57 bits per heavy atom. The fourth-order valence-electron chi connectivity index (χ4n) is 3.68. The SMILES string of the molecule is Cc1c(N)cc(Cl)cc1C=C1CCN(C(=O)C2CCCC2)CC1. The zero-order valence-electron chi connectivity index (χ0n) is 13.8. The molecule has 1 heterocycles. The van der Waals surface area contributed by atoms with Crippen LogP contribution in [0, 0.1) is 12.8 Å². The van der Waals surface area contributed by atoms with Crippen molar-refractivity contribution in [3.8, 4) is 0 Å². The molecule has 23 heavy (non-hydrogen) atoms. The van der Waals surface area contributed by atoms with Gasteiger partial charge in [0.1, 0.15) is 0 Å². The van der Waals surface area contributed by atoms with E-state index in [9.17, 15) is 4.79 Å². The van der Waals surface area contributed by atoms with Gasteiger partial charge in [-0.1, -0.05) is 36.1 Å². The van der Waals surface area contributed by atoms with E-state index < -0.39 is 0 Å². The van der Waals surface area contributed by atoms with E-state index in [1.165, 1.54) is 18.4 Å². The van der Waals surface area contributed by atoms with E-state index in [0.29, 0.717) is 10.9 Å². The number of amides is 1. The van der Waals surface area contributed by atoms with Gasteiger partial charge in [-0.15, -0.1) is 0 Å². The highest BCUT2D eigenvalue weighted by Crippen LogP contribution is 2.30. The molecule has 2 N–H and O–H groups in total. The van der Waals surface area contributed by atoms with Crippen molar-refractivity contribution < 1.29 is 4.79 Å². The van der Waals surface area contributed by atoms with Crippen LogP contribution >= 0.6 is 11.6 Å². The molecule has 2 fully saturated rings. The number of carbonyl (C=O) groups is 1. The van der Waals surface area contributed by atoms with Crippen LogP contribution in [-0.4, -0.2) is 23.9 Å².